The number of nitrogens with two attached hydrogens (primary N) is 1. The molecule has 104 valence electrons. The van der Waals surface area contributed by atoms with Crippen LogP contribution < -0.4 is 11.1 Å². The van der Waals surface area contributed by atoms with Crippen LogP contribution in [0.15, 0.2) is 24.3 Å². The highest BCUT2D eigenvalue weighted by atomic mass is 19.1. The number of ether oxygens (including phenoxy) is 2. The van der Waals surface area contributed by atoms with Crippen molar-refractivity contribution in [2.45, 2.75) is 18.6 Å². The van der Waals surface area contributed by atoms with Crippen molar-refractivity contribution in [3.05, 3.63) is 35.6 Å². The first kappa shape index (κ1) is 13.8. The number of nitrogens with one attached hydrogen (secondary N) is 1. The third kappa shape index (κ3) is 2.85. The van der Waals surface area contributed by atoms with Crippen LogP contribution in [-0.4, -0.2) is 31.9 Å². The van der Waals surface area contributed by atoms with Crippen LogP contribution in [-0.2, 0) is 15.1 Å². The molecule has 1 aliphatic heterocycles. The molecular weight excluding hydrogens is 251 g/mol. The summed E-state index contributed by atoms with van der Waals surface area (Å²) >= 11 is 0. The quantitative estimate of drug-likeness (QED) is 0.861. The van der Waals surface area contributed by atoms with Crippen LogP contribution in [0.25, 0.3) is 0 Å². The van der Waals surface area contributed by atoms with Gasteiger partial charge in [-0.2, -0.15) is 0 Å². The van der Waals surface area contributed by atoms with Gasteiger partial charge >= 0.3 is 6.09 Å². The van der Waals surface area contributed by atoms with Gasteiger partial charge in [0.2, 0.25) is 0 Å². The molecule has 2 rings (SSSR count). The minimum atomic E-state index is -1.26. The lowest BCUT2D eigenvalue weighted by Gasteiger charge is -2.39. The van der Waals surface area contributed by atoms with Crippen LogP contribution in [0.2, 0.25) is 0 Å². The van der Waals surface area contributed by atoms with Crippen molar-refractivity contribution >= 4 is 6.09 Å². The Morgan fingerprint density at radius 1 is 1.58 bits per heavy atom. The SMILES string of the molecule is CC(OC(N)=O)(c1ccccc1F)C1CNCCO1. The molecule has 0 aliphatic carbocycles. The summed E-state index contributed by atoms with van der Waals surface area (Å²) in [5, 5.41) is 3.12. The van der Waals surface area contributed by atoms with Gasteiger partial charge in [0.15, 0.2) is 5.60 Å². The summed E-state index contributed by atoms with van der Waals surface area (Å²) in [7, 11) is 0. The first-order chi connectivity index (χ1) is 9.04. The van der Waals surface area contributed by atoms with Gasteiger partial charge in [-0.1, -0.05) is 18.2 Å². The first-order valence-corrected chi connectivity index (χ1v) is 6.10. The molecule has 6 heteroatoms. The Kier molecular flexibility index (Phi) is 4.01. The van der Waals surface area contributed by atoms with Gasteiger partial charge in [-0.3, -0.25) is 0 Å². The molecular formula is C13H17FN2O3. The molecule has 0 aromatic heterocycles. The molecule has 0 saturated carbocycles. The maximum Gasteiger partial charge on any atom is 0.405 e. The van der Waals surface area contributed by atoms with E-state index in [0.717, 1.165) is 0 Å². The lowest BCUT2D eigenvalue weighted by Crippen LogP contribution is -2.52. The fraction of sp³-hybridized carbons (Fsp3) is 0.462. The second-order valence-electron chi connectivity index (χ2n) is 4.57. The van der Waals surface area contributed by atoms with E-state index in [1.807, 2.05) is 0 Å². The van der Waals surface area contributed by atoms with E-state index in [9.17, 15) is 9.18 Å². The Bertz CT molecular complexity index is 463. The van der Waals surface area contributed by atoms with Crippen molar-refractivity contribution in [2.75, 3.05) is 19.7 Å². The lowest BCUT2D eigenvalue weighted by molar-refractivity contribution is -0.117. The zero-order valence-corrected chi connectivity index (χ0v) is 10.7. The van der Waals surface area contributed by atoms with Gasteiger partial charge in [0.05, 0.1) is 6.61 Å². The van der Waals surface area contributed by atoms with Gasteiger partial charge in [0, 0.05) is 18.7 Å². The van der Waals surface area contributed by atoms with E-state index in [0.29, 0.717) is 19.7 Å². The van der Waals surface area contributed by atoms with E-state index in [2.05, 4.69) is 5.32 Å². The molecule has 19 heavy (non-hydrogen) atoms. The standard InChI is InChI=1S/C13H17FN2O3/c1-13(19-12(15)17,11-8-16-6-7-18-11)9-4-2-3-5-10(9)14/h2-5,11,16H,6-8H2,1H3,(H2,15,17). The highest BCUT2D eigenvalue weighted by Crippen LogP contribution is 2.33. The van der Waals surface area contributed by atoms with Crippen molar-refractivity contribution < 1.29 is 18.7 Å². The molecule has 0 radical (unpaired) electrons. The van der Waals surface area contributed by atoms with E-state index in [4.69, 9.17) is 15.2 Å². The van der Waals surface area contributed by atoms with E-state index in [1.165, 1.54) is 6.07 Å². The molecule has 2 atom stereocenters. The Morgan fingerprint density at radius 3 is 2.89 bits per heavy atom. The maximum absolute atomic E-state index is 14.0. The molecule has 2 unspecified atom stereocenters. The first-order valence-electron chi connectivity index (χ1n) is 6.10. The molecule has 1 heterocycles. The molecule has 1 aliphatic rings. The lowest BCUT2D eigenvalue weighted by atomic mass is 9.88. The average molecular weight is 268 g/mol. The largest absolute Gasteiger partial charge is 0.436 e. The van der Waals surface area contributed by atoms with Crippen molar-refractivity contribution in [1.29, 1.82) is 0 Å². The number of carbonyl (C=O) groups is 1. The average Bonchev–Trinajstić information content (AvgIpc) is 2.39. The Hall–Kier alpha value is -1.66. The van der Waals surface area contributed by atoms with Crippen molar-refractivity contribution in [3.63, 3.8) is 0 Å². The van der Waals surface area contributed by atoms with Crippen LogP contribution in [0.4, 0.5) is 9.18 Å². The number of morpholine rings is 1. The molecule has 1 fully saturated rings. The number of carbonyl (C=O) groups excluding carboxylic acids is 1. The summed E-state index contributed by atoms with van der Waals surface area (Å²) in [6.07, 6.45) is -1.45. The number of primary amides is 1. The highest BCUT2D eigenvalue weighted by Gasteiger charge is 2.43. The molecule has 1 saturated heterocycles. The molecule has 0 bridgehead atoms. The van der Waals surface area contributed by atoms with Gasteiger partial charge in [-0.25, -0.2) is 9.18 Å². The number of rotatable bonds is 3. The van der Waals surface area contributed by atoms with Gasteiger partial charge in [0.25, 0.3) is 0 Å². The van der Waals surface area contributed by atoms with Crippen molar-refractivity contribution in [1.82, 2.24) is 5.32 Å². The number of hydrogen-bond acceptors (Lipinski definition) is 4. The second kappa shape index (κ2) is 5.54. The van der Waals surface area contributed by atoms with Crippen LogP contribution in [0.5, 0.6) is 0 Å². The van der Waals surface area contributed by atoms with E-state index < -0.39 is 23.6 Å². The molecule has 5 nitrogen and oxygen atoms in total. The van der Waals surface area contributed by atoms with Gasteiger partial charge in [-0.15, -0.1) is 0 Å². The Balaban J connectivity index is 2.38. The maximum atomic E-state index is 14.0. The van der Waals surface area contributed by atoms with Crippen LogP contribution in [0.1, 0.15) is 12.5 Å². The predicted molar refractivity (Wildman–Crippen MR) is 67.0 cm³/mol. The second-order valence-corrected chi connectivity index (χ2v) is 4.57. The summed E-state index contributed by atoms with van der Waals surface area (Å²) in [5.74, 6) is -0.458. The molecule has 1 amide bonds. The smallest absolute Gasteiger partial charge is 0.405 e. The topological polar surface area (TPSA) is 73.6 Å². The minimum Gasteiger partial charge on any atom is -0.436 e. The zero-order valence-electron chi connectivity index (χ0n) is 10.7. The van der Waals surface area contributed by atoms with E-state index in [1.54, 1.807) is 25.1 Å². The van der Waals surface area contributed by atoms with Crippen molar-refractivity contribution in [2.24, 2.45) is 5.73 Å². The van der Waals surface area contributed by atoms with Gasteiger partial charge < -0.3 is 20.5 Å². The van der Waals surface area contributed by atoms with E-state index >= 15 is 0 Å². The predicted octanol–water partition coefficient (Wildman–Crippen LogP) is 1.12. The van der Waals surface area contributed by atoms with Gasteiger partial charge in [-0.05, 0) is 13.0 Å². The number of halogens is 1. The fourth-order valence-corrected chi connectivity index (χ4v) is 2.29. The Labute approximate surface area is 110 Å². The minimum absolute atomic E-state index is 0.252. The molecule has 1 aromatic rings. The van der Waals surface area contributed by atoms with Crippen molar-refractivity contribution in [3.8, 4) is 0 Å². The third-order valence-electron chi connectivity index (χ3n) is 3.26. The molecule has 1 aromatic carbocycles. The van der Waals surface area contributed by atoms with E-state index in [-0.39, 0.29) is 5.56 Å². The van der Waals surface area contributed by atoms with Crippen LogP contribution in [0.3, 0.4) is 0 Å². The number of hydrogen-bond donors (Lipinski definition) is 2. The summed E-state index contributed by atoms with van der Waals surface area (Å²) in [5.41, 5.74) is 4.11. The number of benzene rings is 1. The van der Waals surface area contributed by atoms with Crippen LogP contribution >= 0.6 is 0 Å². The normalized spacial score (nSPS) is 22.5. The summed E-state index contributed by atoms with van der Waals surface area (Å²) in [4.78, 5) is 11.1. The number of amides is 1. The van der Waals surface area contributed by atoms with Gasteiger partial charge in [0.1, 0.15) is 11.9 Å². The zero-order chi connectivity index (χ0) is 13.9. The Morgan fingerprint density at radius 2 is 2.32 bits per heavy atom. The molecule has 3 N–H and O–H groups in total. The summed E-state index contributed by atoms with van der Waals surface area (Å²) in [6.45, 7) is 3.24. The van der Waals surface area contributed by atoms with Crippen LogP contribution in [0, 0.1) is 5.82 Å². The summed E-state index contributed by atoms with van der Waals surface area (Å²) < 4.78 is 24.8. The summed E-state index contributed by atoms with van der Waals surface area (Å²) in [6, 6.07) is 6.13. The third-order valence-corrected chi connectivity index (χ3v) is 3.26. The molecule has 0 spiro atoms. The monoisotopic (exact) mass is 268 g/mol. The highest BCUT2D eigenvalue weighted by molar-refractivity contribution is 5.65. The fourth-order valence-electron chi connectivity index (χ4n) is 2.29.